The van der Waals surface area contributed by atoms with Crippen LogP contribution in [0.3, 0.4) is 0 Å². The number of nitrogens with zero attached hydrogens (tertiary/aromatic N) is 1. The summed E-state index contributed by atoms with van der Waals surface area (Å²) in [6.07, 6.45) is 2.47. The summed E-state index contributed by atoms with van der Waals surface area (Å²) in [7, 11) is -1.09. The molecule has 2 amide bonds. The van der Waals surface area contributed by atoms with Crippen molar-refractivity contribution >= 4 is 49.8 Å². The monoisotopic (exact) mass is 571 g/mol. The Labute approximate surface area is 230 Å². The van der Waals surface area contributed by atoms with E-state index in [2.05, 4.69) is 12.2 Å². The van der Waals surface area contributed by atoms with Crippen LogP contribution >= 0.6 is 11.3 Å². The van der Waals surface area contributed by atoms with Gasteiger partial charge in [0.1, 0.15) is 10.8 Å². The van der Waals surface area contributed by atoms with E-state index in [-0.39, 0.29) is 10.5 Å². The average molecular weight is 572 g/mol. The van der Waals surface area contributed by atoms with Crippen LogP contribution in [-0.4, -0.2) is 47.0 Å². The van der Waals surface area contributed by atoms with Gasteiger partial charge in [-0.25, -0.2) is 13.2 Å². The number of sulfonamides is 1. The van der Waals surface area contributed by atoms with Crippen LogP contribution in [0.5, 0.6) is 5.75 Å². The summed E-state index contributed by atoms with van der Waals surface area (Å²) in [5.41, 5.74) is 7.20. The molecule has 0 aliphatic heterocycles. The van der Waals surface area contributed by atoms with Crippen molar-refractivity contribution in [3.8, 4) is 5.75 Å². The minimum atomic E-state index is -3.94. The second kappa shape index (κ2) is 11.5. The number of methoxy groups -OCH3 is 1. The average Bonchev–Trinajstić information content (AvgIpc) is 3.28. The number of fused-ring (bicyclic) bond motifs is 1. The van der Waals surface area contributed by atoms with Gasteiger partial charge in [0, 0.05) is 11.9 Å². The van der Waals surface area contributed by atoms with Crippen molar-refractivity contribution in [3.63, 3.8) is 0 Å². The second-order valence-corrected chi connectivity index (χ2v) is 12.3. The van der Waals surface area contributed by atoms with E-state index in [0.29, 0.717) is 27.9 Å². The number of para-hydroxylation sites is 2. The quantitative estimate of drug-likeness (QED) is 0.373. The molecule has 0 radical (unpaired) electrons. The molecule has 206 valence electrons. The molecule has 0 spiro atoms. The molecule has 1 atom stereocenters. The number of carbonyl (C=O) groups is 3. The van der Waals surface area contributed by atoms with Gasteiger partial charge in [0.2, 0.25) is 0 Å². The predicted octanol–water partition coefficient (Wildman–Crippen LogP) is 3.60. The van der Waals surface area contributed by atoms with E-state index in [4.69, 9.17) is 15.2 Å². The van der Waals surface area contributed by atoms with Crippen LogP contribution in [0.25, 0.3) is 0 Å². The Hall–Kier alpha value is -3.90. The molecule has 4 rings (SSSR count). The van der Waals surface area contributed by atoms with Crippen molar-refractivity contribution in [3.05, 3.63) is 70.1 Å². The number of nitrogens with one attached hydrogen (secondary N) is 1. The maximum Gasteiger partial charge on any atom is 0.338 e. The largest absolute Gasteiger partial charge is 0.495 e. The Balaban J connectivity index is 1.40. The summed E-state index contributed by atoms with van der Waals surface area (Å²) >= 11 is 1.32. The number of hydrogen-bond donors (Lipinski definition) is 2. The zero-order valence-corrected chi connectivity index (χ0v) is 23.4. The second-order valence-electron chi connectivity index (χ2n) is 9.21. The molecule has 2 aromatic carbocycles. The fourth-order valence-electron chi connectivity index (χ4n) is 4.42. The van der Waals surface area contributed by atoms with Crippen LogP contribution in [0.2, 0.25) is 0 Å². The number of amides is 2. The van der Waals surface area contributed by atoms with Crippen molar-refractivity contribution < 1.29 is 32.3 Å². The molecule has 1 aliphatic rings. The van der Waals surface area contributed by atoms with Gasteiger partial charge in [0.15, 0.2) is 6.61 Å². The third-order valence-electron chi connectivity index (χ3n) is 6.52. The first-order valence-corrected chi connectivity index (χ1v) is 14.4. The van der Waals surface area contributed by atoms with Crippen LogP contribution in [0.15, 0.2) is 53.4 Å². The number of anilines is 2. The summed E-state index contributed by atoms with van der Waals surface area (Å²) in [6.45, 7) is 1.54. The van der Waals surface area contributed by atoms with Gasteiger partial charge in [0.25, 0.3) is 21.8 Å². The van der Waals surface area contributed by atoms with E-state index >= 15 is 0 Å². The van der Waals surface area contributed by atoms with Crippen LogP contribution in [0, 0.1) is 5.92 Å². The van der Waals surface area contributed by atoms with Crippen LogP contribution in [0.4, 0.5) is 10.7 Å². The van der Waals surface area contributed by atoms with Crippen LogP contribution in [-0.2, 0) is 32.4 Å². The maximum absolute atomic E-state index is 13.1. The number of ether oxygens (including phenoxy) is 2. The number of rotatable bonds is 9. The number of hydrogen-bond acceptors (Lipinski definition) is 8. The van der Waals surface area contributed by atoms with Crippen LogP contribution < -0.4 is 20.1 Å². The number of thiophene rings is 1. The highest BCUT2D eigenvalue weighted by Crippen LogP contribution is 2.39. The Kier molecular flexibility index (Phi) is 8.26. The summed E-state index contributed by atoms with van der Waals surface area (Å²) in [6, 6.07) is 11.9. The van der Waals surface area contributed by atoms with E-state index in [1.807, 2.05) is 0 Å². The molecule has 0 saturated heterocycles. The van der Waals surface area contributed by atoms with E-state index < -0.39 is 34.4 Å². The Morgan fingerprint density at radius 3 is 2.49 bits per heavy atom. The third-order valence-corrected chi connectivity index (χ3v) is 9.47. The Morgan fingerprint density at radius 1 is 1.13 bits per heavy atom. The zero-order valence-electron chi connectivity index (χ0n) is 21.7. The lowest BCUT2D eigenvalue weighted by Gasteiger charge is -2.21. The molecule has 1 aromatic heterocycles. The molecule has 1 aliphatic carbocycles. The van der Waals surface area contributed by atoms with Gasteiger partial charge < -0.3 is 20.5 Å². The van der Waals surface area contributed by atoms with Crippen molar-refractivity contribution in [2.45, 2.75) is 31.1 Å². The lowest BCUT2D eigenvalue weighted by Crippen LogP contribution is -2.27. The normalized spacial score (nSPS) is 14.7. The molecule has 0 saturated carbocycles. The van der Waals surface area contributed by atoms with Gasteiger partial charge in [-0.2, -0.15) is 0 Å². The molecule has 0 fully saturated rings. The highest BCUT2D eigenvalue weighted by Gasteiger charge is 2.28. The lowest BCUT2D eigenvalue weighted by atomic mass is 9.88. The number of esters is 1. The fourth-order valence-corrected chi connectivity index (χ4v) is 7.06. The molecule has 3 aromatic rings. The van der Waals surface area contributed by atoms with Crippen molar-refractivity contribution in [1.82, 2.24) is 0 Å². The van der Waals surface area contributed by atoms with Crippen LogP contribution in [0.1, 0.15) is 44.5 Å². The number of primary amides is 1. The van der Waals surface area contributed by atoms with Gasteiger partial charge in [-0.1, -0.05) is 19.1 Å². The van der Waals surface area contributed by atoms with Gasteiger partial charge in [-0.05, 0) is 67.1 Å². The first-order chi connectivity index (χ1) is 18.5. The maximum atomic E-state index is 13.1. The lowest BCUT2D eigenvalue weighted by molar-refractivity contribution is -0.119. The molecule has 39 heavy (non-hydrogen) atoms. The molecular formula is C27H29N3O7S2. The molecule has 0 bridgehead atoms. The van der Waals surface area contributed by atoms with E-state index in [1.54, 1.807) is 24.3 Å². The molecular weight excluding hydrogens is 542 g/mol. The van der Waals surface area contributed by atoms with Crippen molar-refractivity contribution in [2.24, 2.45) is 11.7 Å². The molecule has 3 N–H and O–H groups in total. The van der Waals surface area contributed by atoms with Gasteiger partial charge in [-0.15, -0.1) is 11.3 Å². The molecule has 10 nitrogen and oxygen atoms in total. The highest BCUT2D eigenvalue weighted by molar-refractivity contribution is 7.92. The molecule has 0 unspecified atom stereocenters. The smallest absolute Gasteiger partial charge is 0.338 e. The number of nitrogens with two attached hydrogens (primary N) is 1. The van der Waals surface area contributed by atoms with Crippen molar-refractivity contribution in [2.75, 3.05) is 30.4 Å². The summed E-state index contributed by atoms with van der Waals surface area (Å²) in [4.78, 5) is 38.1. The summed E-state index contributed by atoms with van der Waals surface area (Å²) < 4.78 is 37.7. The summed E-state index contributed by atoms with van der Waals surface area (Å²) in [5, 5.41) is 3.00. The summed E-state index contributed by atoms with van der Waals surface area (Å²) in [5.74, 6) is -1.16. The molecule has 12 heteroatoms. The standard InChI is InChI=1S/C27H29N3O7S2/c1-16-8-13-19-22(14-16)38-26(24(19)25(28)32)29-23(31)15-37-27(33)17-9-11-18(12-10-17)39(34,35)30(2)20-6-4-5-7-21(20)36-3/h4-7,9-12,16H,8,13-15H2,1-3H3,(H2,28,32)(H,29,31)/t16-/m0/s1. The Bertz CT molecular complexity index is 1510. The topological polar surface area (TPSA) is 145 Å². The first kappa shape index (κ1) is 28.1. The van der Waals surface area contributed by atoms with E-state index in [0.717, 1.165) is 34.0 Å². The van der Waals surface area contributed by atoms with Gasteiger partial charge in [0.05, 0.1) is 28.8 Å². The van der Waals surface area contributed by atoms with Gasteiger partial charge >= 0.3 is 5.97 Å². The minimum absolute atomic E-state index is 0.0415. The number of benzene rings is 2. The predicted molar refractivity (Wildman–Crippen MR) is 148 cm³/mol. The van der Waals surface area contributed by atoms with E-state index in [9.17, 15) is 22.8 Å². The van der Waals surface area contributed by atoms with Gasteiger partial charge in [-0.3, -0.25) is 13.9 Å². The highest BCUT2D eigenvalue weighted by atomic mass is 32.2. The third kappa shape index (κ3) is 5.91. The Morgan fingerprint density at radius 2 is 1.82 bits per heavy atom. The zero-order chi connectivity index (χ0) is 28.3. The SMILES string of the molecule is COc1ccccc1N(C)S(=O)(=O)c1ccc(C(=O)OCC(=O)Nc2sc3c(c2C(N)=O)CC[C@H](C)C3)cc1. The first-order valence-electron chi connectivity index (χ1n) is 12.2. The minimum Gasteiger partial charge on any atom is -0.495 e. The molecule has 1 heterocycles. The number of carbonyl (C=O) groups excluding carboxylic acids is 3. The van der Waals surface area contributed by atoms with E-state index in [1.165, 1.54) is 49.8 Å². The fraction of sp³-hybridized carbons (Fsp3) is 0.296. The van der Waals surface area contributed by atoms with Crippen molar-refractivity contribution in [1.29, 1.82) is 0 Å².